The second-order valence-corrected chi connectivity index (χ2v) is 9.75. The van der Waals surface area contributed by atoms with E-state index >= 15 is 0 Å². The maximum atomic E-state index is 8.81. The summed E-state index contributed by atoms with van der Waals surface area (Å²) in [4.78, 5) is 5.68. The molecule has 29 heavy (non-hydrogen) atoms. The van der Waals surface area contributed by atoms with Crippen molar-refractivity contribution >= 4 is 43.4 Å². The summed E-state index contributed by atoms with van der Waals surface area (Å²) >= 11 is 1.69. The van der Waals surface area contributed by atoms with Crippen LogP contribution in [0.15, 0.2) is 53.1 Å². The fourth-order valence-corrected chi connectivity index (χ4v) is 4.79. The number of benzene rings is 2. The first kappa shape index (κ1) is 13.6. The van der Waals surface area contributed by atoms with Crippen molar-refractivity contribution in [2.45, 2.75) is 40.9 Å². The third-order valence-electron chi connectivity index (χ3n) is 4.96. The minimum absolute atomic E-state index is 0.0660. The summed E-state index contributed by atoms with van der Waals surface area (Å²) < 4.78 is 49.0. The van der Waals surface area contributed by atoms with Gasteiger partial charge < -0.3 is 4.42 Å². The Morgan fingerprint density at radius 3 is 2.72 bits per heavy atom. The zero-order valence-electron chi connectivity index (χ0n) is 21.9. The Bertz CT molecular complexity index is 1570. The van der Waals surface area contributed by atoms with Crippen molar-refractivity contribution < 1.29 is 11.3 Å². The fourth-order valence-electron chi connectivity index (χ4n) is 3.79. The highest BCUT2D eigenvalue weighted by atomic mass is 32.1. The number of furan rings is 1. The van der Waals surface area contributed by atoms with E-state index in [2.05, 4.69) is 30.1 Å². The van der Waals surface area contributed by atoms with E-state index in [9.17, 15) is 0 Å². The van der Waals surface area contributed by atoms with Crippen molar-refractivity contribution in [2.75, 3.05) is 0 Å². The average Bonchev–Trinajstić information content (AvgIpc) is 3.31. The Hall–Kier alpha value is -2.65. The molecule has 0 aliphatic carbocycles. The van der Waals surface area contributed by atoms with E-state index in [0.29, 0.717) is 16.8 Å². The van der Waals surface area contributed by atoms with Crippen LogP contribution in [0.4, 0.5) is 0 Å². The van der Waals surface area contributed by atoms with Crippen LogP contribution in [-0.4, -0.2) is 4.98 Å². The van der Waals surface area contributed by atoms with Gasteiger partial charge in [-0.05, 0) is 66.3 Å². The van der Waals surface area contributed by atoms with Crippen LogP contribution in [0, 0.1) is 19.2 Å². The summed E-state index contributed by atoms with van der Waals surface area (Å²) in [6, 6.07) is 13.7. The molecule has 3 heteroatoms. The van der Waals surface area contributed by atoms with Gasteiger partial charge in [-0.1, -0.05) is 39.0 Å². The molecule has 0 spiro atoms. The predicted octanol–water partition coefficient (Wildman–Crippen LogP) is 8.07. The van der Waals surface area contributed by atoms with E-state index in [4.69, 9.17) is 11.3 Å². The smallest absolute Gasteiger partial charge is 0.153 e. The Labute approximate surface area is 182 Å². The monoisotopic (exact) mass is 404 g/mol. The maximum Gasteiger partial charge on any atom is 0.153 e. The first-order valence-electron chi connectivity index (χ1n) is 12.1. The van der Waals surface area contributed by atoms with E-state index in [1.54, 1.807) is 38.2 Å². The van der Waals surface area contributed by atoms with Gasteiger partial charge in [0.2, 0.25) is 0 Å². The summed E-state index contributed by atoms with van der Waals surface area (Å²) in [5.41, 5.74) is 1.92. The van der Waals surface area contributed by atoms with Crippen LogP contribution in [0.1, 0.15) is 43.6 Å². The Morgan fingerprint density at radius 1 is 1.10 bits per heavy atom. The molecule has 3 heterocycles. The Balaban J connectivity index is 1.80. The third-order valence-corrected chi connectivity index (χ3v) is 6.03. The number of aryl methyl sites for hydroxylation is 2. The zero-order valence-corrected chi connectivity index (χ0v) is 17.7. The van der Waals surface area contributed by atoms with Gasteiger partial charge in [0, 0.05) is 34.3 Å². The van der Waals surface area contributed by atoms with Gasteiger partial charge in [0.1, 0.15) is 5.58 Å². The Morgan fingerprint density at radius 2 is 1.93 bits per heavy atom. The van der Waals surface area contributed by atoms with Crippen molar-refractivity contribution in [3.05, 3.63) is 64.7 Å². The van der Waals surface area contributed by atoms with E-state index in [-0.39, 0.29) is 11.1 Å². The van der Waals surface area contributed by atoms with Crippen molar-refractivity contribution in [1.82, 2.24) is 4.98 Å². The largest absolute Gasteiger partial charge is 0.454 e. The molecule has 5 aromatic rings. The molecule has 0 atom stereocenters. The predicted molar refractivity (Wildman–Crippen MR) is 125 cm³/mol. The van der Waals surface area contributed by atoms with Gasteiger partial charge in [0.05, 0.1) is 10.4 Å². The average molecular weight is 405 g/mol. The molecule has 0 radical (unpaired) electrons. The van der Waals surface area contributed by atoms with Crippen molar-refractivity contribution in [1.29, 1.82) is 0 Å². The van der Waals surface area contributed by atoms with Crippen molar-refractivity contribution in [2.24, 2.45) is 5.41 Å². The van der Waals surface area contributed by atoms with E-state index < -0.39 is 18.6 Å². The highest BCUT2D eigenvalue weighted by Gasteiger charge is 2.18. The van der Waals surface area contributed by atoms with Gasteiger partial charge in [-0.25, -0.2) is 0 Å². The summed E-state index contributed by atoms with van der Waals surface area (Å²) in [5.74, 6) is 0. The molecule has 0 aliphatic rings. The molecule has 0 saturated carbocycles. The molecule has 0 N–H and O–H groups in total. The molecule has 0 amide bonds. The third kappa shape index (κ3) is 3.14. The summed E-state index contributed by atoms with van der Waals surface area (Å²) in [7, 11) is 0. The van der Waals surface area contributed by atoms with E-state index in [1.165, 1.54) is 11.1 Å². The van der Waals surface area contributed by atoms with Gasteiger partial charge in [0.25, 0.3) is 0 Å². The number of hydrogen-bond donors (Lipinski definition) is 0. The molecule has 0 saturated heterocycles. The summed E-state index contributed by atoms with van der Waals surface area (Å²) in [6.07, 6.45) is -0.597. The number of nitrogens with zero attached hydrogens (tertiary/aromatic N) is 1. The molecule has 146 valence electrons. The maximum absolute atomic E-state index is 8.81. The molecular weight excluding hydrogens is 374 g/mol. The van der Waals surface area contributed by atoms with E-state index in [1.807, 2.05) is 18.2 Å². The van der Waals surface area contributed by atoms with Crippen molar-refractivity contribution in [3.63, 3.8) is 0 Å². The minimum Gasteiger partial charge on any atom is -0.454 e. The normalized spacial score (nSPS) is 15.9. The van der Waals surface area contributed by atoms with Gasteiger partial charge in [0.15, 0.2) is 5.58 Å². The topological polar surface area (TPSA) is 26.0 Å². The number of hydrogen-bond acceptors (Lipinski definition) is 3. The van der Waals surface area contributed by atoms with Crippen molar-refractivity contribution in [3.8, 4) is 11.3 Å². The van der Waals surface area contributed by atoms with Crippen LogP contribution in [0.2, 0.25) is 0 Å². The molecule has 0 bridgehead atoms. The van der Waals surface area contributed by atoms with Crippen LogP contribution in [0.25, 0.3) is 43.3 Å². The van der Waals surface area contributed by atoms with Crippen LogP contribution < -0.4 is 0 Å². The minimum atomic E-state index is -2.48. The van der Waals surface area contributed by atoms with Crippen LogP contribution >= 0.6 is 11.3 Å². The fraction of sp³-hybridized carbons (Fsp3) is 0.269. The lowest BCUT2D eigenvalue weighted by Crippen LogP contribution is -2.10. The molecule has 0 fully saturated rings. The molecular formula is C26H25NOS. The standard InChI is InChI=1S/C26H25NOS/c1-15-14-27-22(12-18(15)13-26(3,4)5)21-8-6-7-19-20-10-9-17-11-16(2)29-25(17)24(20)28-23(19)21/h6-12,14H,13H2,1-5H3/i1D3,13D2. The molecule has 5 rings (SSSR count). The highest BCUT2D eigenvalue weighted by Crippen LogP contribution is 2.41. The van der Waals surface area contributed by atoms with Crippen LogP contribution in [-0.2, 0) is 6.37 Å². The number of pyridine rings is 1. The quantitative estimate of drug-likeness (QED) is 0.297. The summed E-state index contributed by atoms with van der Waals surface area (Å²) in [6.45, 7) is 4.90. The first-order valence-corrected chi connectivity index (χ1v) is 10.5. The molecule has 3 aromatic heterocycles. The highest BCUT2D eigenvalue weighted by molar-refractivity contribution is 7.19. The number of para-hydroxylation sites is 1. The molecule has 2 nitrogen and oxygen atoms in total. The lowest BCUT2D eigenvalue weighted by atomic mass is 9.86. The Kier molecular flexibility index (Phi) is 3.00. The molecule has 0 unspecified atom stereocenters. The van der Waals surface area contributed by atoms with Gasteiger partial charge in [-0.15, -0.1) is 11.3 Å². The second kappa shape index (κ2) is 6.43. The summed E-state index contributed by atoms with van der Waals surface area (Å²) in [5, 5.41) is 3.09. The van der Waals surface area contributed by atoms with Gasteiger partial charge in [-0.2, -0.15) is 0 Å². The van der Waals surface area contributed by atoms with E-state index in [0.717, 1.165) is 26.4 Å². The number of fused-ring (bicyclic) bond motifs is 5. The van der Waals surface area contributed by atoms with Gasteiger partial charge >= 0.3 is 0 Å². The lowest BCUT2D eigenvalue weighted by molar-refractivity contribution is 0.410. The van der Waals surface area contributed by atoms with Crippen LogP contribution in [0.3, 0.4) is 0 Å². The lowest BCUT2D eigenvalue weighted by Gasteiger charge is -2.20. The molecule has 0 aliphatic heterocycles. The first-order chi connectivity index (χ1) is 15.8. The SMILES string of the molecule is [2H]C([2H])([2H])c1cnc(-c2cccc3c2oc2c3ccc3cc(C)sc32)cc1C([2H])([2H])C(C)(C)C. The number of rotatable bonds is 2. The number of thiophene rings is 1. The number of aromatic nitrogens is 1. The van der Waals surface area contributed by atoms with Crippen LogP contribution in [0.5, 0.6) is 0 Å². The zero-order chi connectivity index (χ0) is 24.6. The van der Waals surface area contributed by atoms with Gasteiger partial charge in [-0.3, -0.25) is 4.98 Å². The molecule has 2 aromatic carbocycles. The second-order valence-electron chi connectivity index (χ2n) is 8.49.